The summed E-state index contributed by atoms with van der Waals surface area (Å²) in [4.78, 5) is 17.5. The number of ether oxygens (including phenoxy) is 1. The molecule has 178 valence electrons. The summed E-state index contributed by atoms with van der Waals surface area (Å²) < 4.78 is 7.82. The fourth-order valence-corrected chi connectivity index (χ4v) is 5.12. The predicted octanol–water partition coefficient (Wildman–Crippen LogP) is 7.43. The van der Waals surface area contributed by atoms with Crippen molar-refractivity contribution in [3.8, 4) is 16.3 Å². The first-order valence-corrected chi connectivity index (χ1v) is 13.1. The molecule has 0 spiro atoms. The molecule has 4 aromatic carbocycles. The molecule has 0 aliphatic carbocycles. The smallest absolute Gasteiger partial charge is 0.257 e. The van der Waals surface area contributed by atoms with E-state index >= 15 is 0 Å². The fourth-order valence-electron chi connectivity index (χ4n) is 3.56. The third kappa shape index (κ3) is 5.79. The van der Waals surface area contributed by atoms with Gasteiger partial charge in [-0.25, -0.2) is 4.98 Å². The van der Waals surface area contributed by atoms with Crippen molar-refractivity contribution in [3.05, 3.63) is 113 Å². The molecule has 5 rings (SSSR count). The van der Waals surface area contributed by atoms with Gasteiger partial charge in [-0.3, -0.25) is 10.1 Å². The van der Waals surface area contributed by atoms with Crippen molar-refractivity contribution in [1.29, 1.82) is 0 Å². The summed E-state index contributed by atoms with van der Waals surface area (Å²) in [5, 5.41) is 6.97. The van der Waals surface area contributed by atoms with Crippen LogP contribution in [0, 0.1) is 0 Å². The van der Waals surface area contributed by atoms with Gasteiger partial charge in [-0.05, 0) is 72.4 Å². The lowest BCUT2D eigenvalue weighted by Gasteiger charge is -2.13. The van der Waals surface area contributed by atoms with Crippen LogP contribution in [0.1, 0.15) is 15.9 Å². The molecule has 2 N–H and O–H groups in total. The molecule has 0 saturated heterocycles. The number of rotatable bonds is 6. The maximum Gasteiger partial charge on any atom is 0.257 e. The van der Waals surface area contributed by atoms with Gasteiger partial charge < -0.3 is 10.1 Å². The highest BCUT2D eigenvalue weighted by molar-refractivity contribution is 9.10. The SMILES string of the molecule is O=C(NC(=S)Nc1ccc(Br)cc1-c1nc2ccccc2s1)c1ccc(OCc2ccccc2)cc1. The molecule has 0 radical (unpaired) electrons. The number of fused-ring (bicyclic) bond motifs is 1. The third-order valence-electron chi connectivity index (χ3n) is 5.35. The maximum absolute atomic E-state index is 12.8. The number of hydrogen-bond donors (Lipinski definition) is 2. The highest BCUT2D eigenvalue weighted by atomic mass is 79.9. The van der Waals surface area contributed by atoms with E-state index < -0.39 is 0 Å². The second-order valence-electron chi connectivity index (χ2n) is 7.88. The molecule has 1 aromatic heterocycles. The number of anilines is 1. The minimum Gasteiger partial charge on any atom is -0.489 e. The average molecular weight is 575 g/mol. The van der Waals surface area contributed by atoms with Gasteiger partial charge in [-0.2, -0.15) is 0 Å². The average Bonchev–Trinajstić information content (AvgIpc) is 3.33. The quantitative estimate of drug-likeness (QED) is 0.207. The van der Waals surface area contributed by atoms with E-state index in [1.165, 1.54) is 0 Å². The van der Waals surface area contributed by atoms with Crippen molar-refractivity contribution in [1.82, 2.24) is 10.3 Å². The summed E-state index contributed by atoms with van der Waals surface area (Å²) in [5.41, 5.74) is 4.15. The summed E-state index contributed by atoms with van der Waals surface area (Å²) in [6, 6.07) is 30.7. The zero-order valence-corrected chi connectivity index (χ0v) is 22.1. The lowest BCUT2D eigenvalue weighted by Crippen LogP contribution is -2.34. The number of aromatic nitrogens is 1. The van der Waals surface area contributed by atoms with Crippen molar-refractivity contribution >= 4 is 66.4 Å². The van der Waals surface area contributed by atoms with Crippen molar-refractivity contribution in [3.63, 3.8) is 0 Å². The number of carbonyl (C=O) groups is 1. The molecule has 0 atom stereocenters. The number of thiocarbonyl (C=S) groups is 1. The summed E-state index contributed by atoms with van der Waals surface area (Å²) >= 11 is 10.6. The Morgan fingerprint density at radius 1 is 0.944 bits per heavy atom. The van der Waals surface area contributed by atoms with Crippen LogP contribution in [0.15, 0.2) is 102 Å². The Balaban J connectivity index is 1.24. The van der Waals surface area contributed by atoms with Crippen LogP contribution in [0.5, 0.6) is 5.75 Å². The van der Waals surface area contributed by atoms with Crippen LogP contribution in [0.3, 0.4) is 0 Å². The van der Waals surface area contributed by atoms with Gasteiger partial charge in [0.1, 0.15) is 17.4 Å². The van der Waals surface area contributed by atoms with E-state index in [0.29, 0.717) is 17.9 Å². The molecule has 8 heteroatoms. The molecule has 1 heterocycles. The predicted molar refractivity (Wildman–Crippen MR) is 154 cm³/mol. The Labute approximate surface area is 226 Å². The van der Waals surface area contributed by atoms with E-state index in [-0.39, 0.29) is 11.0 Å². The summed E-state index contributed by atoms with van der Waals surface area (Å²) in [6.45, 7) is 0.463. The minimum atomic E-state index is -0.305. The zero-order valence-electron chi connectivity index (χ0n) is 18.9. The van der Waals surface area contributed by atoms with Crippen LogP contribution in [0.25, 0.3) is 20.8 Å². The first-order valence-electron chi connectivity index (χ1n) is 11.1. The number of halogens is 1. The molecule has 1 amide bonds. The van der Waals surface area contributed by atoms with Gasteiger partial charge in [-0.1, -0.05) is 58.4 Å². The molecule has 5 nitrogen and oxygen atoms in total. The van der Waals surface area contributed by atoms with Gasteiger partial charge in [0.25, 0.3) is 5.91 Å². The van der Waals surface area contributed by atoms with E-state index in [9.17, 15) is 4.79 Å². The summed E-state index contributed by atoms with van der Waals surface area (Å²) in [7, 11) is 0. The number of thiazole rings is 1. The Bertz CT molecular complexity index is 1500. The van der Waals surface area contributed by atoms with Crippen LogP contribution in [0.4, 0.5) is 5.69 Å². The second-order valence-corrected chi connectivity index (χ2v) is 10.2. The fraction of sp³-hybridized carbons (Fsp3) is 0.0357. The van der Waals surface area contributed by atoms with Gasteiger partial charge in [0.2, 0.25) is 0 Å². The molecule has 0 unspecified atom stereocenters. The maximum atomic E-state index is 12.8. The Hall–Kier alpha value is -3.59. The normalized spacial score (nSPS) is 10.7. The van der Waals surface area contributed by atoms with Gasteiger partial charge in [0, 0.05) is 15.6 Å². The van der Waals surface area contributed by atoms with Crippen LogP contribution in [-0.2, 0) is 6.61 Å². The molecule has 36 heavy (non-hydrogen) atoms. The van der Waals surface area contributed by atoms with Crippen molar-refractivity contribution < 1.29 is 9.53 Å². The topological polar surface area (TPSA) is 63.2 Å². The zero-order chi connectivity index (χ0) is 24.9. The Morgan fingerprint density at radius 3 is 2.47 bits per heavy atom. The molecule has 0 bridgehead atoms. The first-order chi connectivity index (χ1) is 17.5. The van der Waals surface area contributed by atoms with Crippen LogP contribution >= 0.6 is 39.5 Å². The summed E-state index contributed by atoms with van der Waals surface area (Å²) in [5.74, 6) is 0.382. The molecule has 0 saturated carbocycles. The minimum absolute atomic E-state index is 0.203. The number of nitrogens with zero attached hydrogens (tertiary/aromatic N) is 1. The lowest BCUT2D eigenvalue weighted by atomic mass is 10.2. The number of hydrogen-bond acceptors (Lipinski definition) is 5. The van der Waals surface area contributed by atoms with Crippen molar-refractivity contribution in [2.45, 2.75) is 6.61 Å². The van der Waals surface area contributed by atoms with E-state index in [1.807, 2.05) is 72.8 Å². The number of nitrogens with one attached hydrogen (secondary N) is 2. The van der Waals surface area contributed by atoms with Crippen LogP contribution < -0.4 is 15.4 Å². The monoisotopic (exact) mass is 573 g/mol. The van der Waals surface area contributed by atoms with E-state index in [0.717, 1.165) is 36.5 Å². The van der Waals surface area contributed by atoms with Gasteiger partial charge >= 0.3 is 0 Å². The Kier molecular flexibility index (Phi) is 7.36. The van der Waals surface area contributed by atoms with Crippen LogP contribution in [-0.4, -0.2) is 16.0 Å². The van der Waals surface area contributed by atoms with Gasteiger partial charge in [0.15, 0.2) is 5.11 Å². The number of benzene rings is 4. The highest BCUT2D eigenvalue weighted by Gasteiger charge is 2.14. The molecule has 0 fully saturated rings. The number of amides is 1. The van der Waals surface area contributed by atoms with Crippen molar-refractivity contribution in [2.24, 2.45) is 0 Å². The lowest BCUT2D eigenvalue weighted by molar-refractivity contribution is 0.0977. The number of para-hydroxylation sites is 1. The summed E-state index contributed by atoms with van der Waals surface area (Å²) in [6.07, 6.45) is 0. The molecular weight excluding hydrogens is 554 g/mol. The van der Waals surface area contributed by atoms with E-state index in [4.69, 9.17) is 21.9 Å². The number of carbonyl (C=O) groups excluding carboxylic acids is 1. The second kappa shape index (κ2) is 11.0. The molecular formula is C28H20BrN3O2S2. The standard InChI is InChI=1S/C28H20BrN3O2S2/c29-20-12-15-23(22(16-20)27-30-24-8-4-5-9-25(24)36-27)31-28(35)32-26(33)19-10-13-21(14-11-19)34-17-18-6-2-1-3-7-18/h1-16H,17H2,(H2,31,32,33,35). The molecule has 0 aliphatic heterocycles. The molecule has 0 aliphatic rings. The third-order valence-corrected chi connectivity index (χ3v) is 7.11. The van der Waals surface area contributed by atoms with Gasteiger partial charge in [0.05, 0.1) is 15.9 Å². The Morgan fingerprint density at radius 2 is 1.69 bits per heavy atom. The van der Waals surface area contributed by atoms with Crippen molar-refractivity contribution in [2.75, 3.05) is 5.32 Å². The largest absolute Gasteiger partial charge is 0.489 e. The molecule has 5 aromatic rings. The van der Waals surface area contributed by atoms with E-state index in [1.54, 1.807) is 35.6 Å². The highest BCUT2D eigenvalue weighted by Crippen LogP contribution is 2.36. The van der Waals surface area contributed by atoms with Crippen LogP contribution in [0.2, 0.25) is 0 Å². The first kappa shape index (κ1) is 24.1. The van der Waals surface area contributed by atoms with E-state index in [2.05, 4.69) is 26.6 Å². The van der Waals surface area contributed by atoms with Gasteiger partial charge in [-0.15, -0.1) is 11.3 Å².